The summed E-state index contributed by atoms with van der Waals surface area (Å²) in [7, 11) is 0. The Hall–Kier alpha value is -3.06. The minimum Gasteiger partial charge on any atom is -0.477 e. The van der Waals surface area contributed by atoms with Crippen LogP contribution in [0, 0.1) is 0 Å². The van der Waals surface area contributed by atoms with Crippen molar-refractivity contribution in [2.45, 2.75) is 37.4 Å². The summed E-state index contributed by atoms with van der Waals surface area (Å²) in [5.74, 6) is -1.70. The Balaban J connectivity index is 1.61. The lowest BCUT2D eigenvalue weighted by Crippen LogP contribution is -2.42. The lowest BCUT2D eigenvalue weighted by atomic mass is 10.1. The standard InChI is InChI=1S/C17H20N4O8/c18-17-19-10(7-21(17)20-5-1-2-9(6-20)15(26)27)3-4-12(23)29-16-14(25)13(24)11(8-22)28-16/h1-2,5-7,11,13-14,16,22,24-25H,3-4,8H2,(H2-,18,19,26,27)/p+1/t11-,13-,14-,16-/m1/s1. The number of nitrogen functional groups attached to an aromatic ring is 1. The normalized spacial score (nSPS) is 23.8. The van der Waals surface area contributed by atoms with Crippen LogP contribution >= 0.6 is 0 Å². The SMILES string of the molecule is Nc1nc(CCC(=O)O[C@H]2O[C@H](CO)[C@@H](O)[C@H]2O)cn1-[n+]1cccc(C(=O)O)c1. The number of esters is 1. The van der Waals surface area contributed by atoms with E-state index in [0.29, 0.717) is 5.69 Å². The Morgan fingerprint density at radius 3 is 2.76 bits per heavy atom. The van der Waals surface area contributed by atoms with Crippen LogP contribution in [-0.4, -0.2) is 73.2 Å². The highest BCUT2D eigenvalue weighted by Gasteiger charge is 2.44. The number of nitrogens with two attached hydrogens (primary N) is 1. The number of anilines is 1. The van der Waals surface area contributed by atoms with E-state index in [1.165, 1.54) is 21.6 Å². The number of pyridine rings is 1. The van der Waals surface area contributed by atoms with Crippen LogP contribution < -0.4 is 10.4 Å². The van der Waals surface area contributed by atoms with E-state index in [1.54, 1.807) is 18.5 Å². The molecule has 156 valence electrons. The van der Waals surface area contributed by atoms with Crippen LogP contribution in [0.4, 0.5) is 5.95 Å². The molecule has 1 aliphatic rings. The van der Waals surface area contributed by atoms with Gasteiger partial charge in [0.25, 0.3) is 5.95 Å². The molecule has 3 heterocycles. The fourth-order valence-corrected chi connectivity index (χ4v) is 2.85. The van der Waals surface area contributed by atoms with Crippen molar-refractivity contribution in [2.75, 3.05) is 12.3 Å². The molecule has 0 amide bonds. The highest BCUT2D eigenvalue weighted by molar-refractivity contribution is 5.86. The number of rotatable bonds is 7. The lowest BCUT2D eigenvalue weighted by molar-refractivity contribution is -0.726. The monoisotopic (exact) mass is 409 g/mol. The third-order valence-electron chi connectivity index (χ3n) is 4.38. The van der Waals surface area contributed by atoms with E-state index in [1.807, 2.05) is 0 Å². The number of aliphatic hydroxyl groups excluding tert-OH is 3. The van der Waals surface area contributed by atoms with Gasteiger partial charge in [-0.15, -0.1) is 0 Å². The first-order valence-corrected chi connectivity index (χ1v) is 8.71. The number of aliphatic hydroxyl groups is 3. The van der Waals surface area contributed by atoms with Crippen molar-refractivity contribution in [1.82, 2.24) is 9.66 Å². The van der Waals surface area contributed by atoms with E-state index in [9.17, 15) is 19.8 Å². The number of hydrogen-bond acceptors (Lipinski definition) is 9. The van der Waals surface area contributed by atoms with E-state index < -0.39 is 43.1 Å². The summed E-state index contributed by atoms with van der Waals surface area (Å²) in [6.07, 6.45) is -0.670. The van der Waals surface area contributed by atoms with Crippen molar-refractivity contribution >= 4 is 17.9 Å². The Morgan fingerprint density at radius 2 is 2.10 bits per heavy atom. The molecule has 4 atom stereocenters. The van der Waals surface area contributed by atoms with Crippen LogP contribution in [0.1, 0.15) is 22.5 Å². The Labute approximate surface area is 164 Å². The molecule has 0 saturated carbocycles. The van der Waals surface area contributed by atoms with Gasteiger partial charge in [-0.3, -0.25) is 4.79 Å². The van der Waals surface area contributed by atoms with Gasteiger partial charge in [-0.05, 0) is 6.07 Å². The molecule has 12 nitrogen and oxygen atoms in total. The predicted octanol–water partition coefficient (Wildman–Crippen LogP) is -2.32. The quantitative estimate of drug-likeness (QED) is 0.246. The smallest absolute Gasteiger partial charge is 0.341 e. The van der Waals surface area contributed by atoms with Gasteiger partial charge >= 0.3 is 11.9 Å². The Kier molecular flexibility index (Phi) is 6.08. The molecule has 6 N–H and O–H groups in total. The second kappa shape index (κ2) is 8.53. The highest BCUT2D eigenvalue weighted by Crippen LogP contribution is 2.22. The first kappa shape index (κ1) is 20.7. The molecule has 0 bridgehead atoms. The number of nitrogens with zero attached hydrogens (tertiary/aromatic N) is 3. The number of aromatic carboxylic acids is 1. The summed E-state index contributed by atoms with van der Waals surface area (Å²) in [5, 5.41) is 37.5. The fourth-order valence-electron chi connectivity index (χ4n) is 2.85. The van der Waals surface area contributed by atoms with Crippen molar-refractivity contribution in [3.8, 4) is 0 Å². The van der Waals surface area contributed by atoms with E-state index >= 15 is 0 Å². The van der Waals surface area contributed by atoms with Crippen molar-refractivity contribution in [3.05, 3.63) is 42.0 Å². The van der Waals surface area contributed by atoms with Gasteiger partial charge in [-0.25, -0.2) is 9.78 Å². The third kappa shape index (κ3) is 4.51. The Morgan fingerprint density at radius 1 is 1.34 bits per heavy atom. The van der Waals surface area contributed by atoms with Gasteiger partial charge in [0.15, 0.2) is 0 Å². The van der Waals surface area contributed by atoms with Gasteiger partial charge in [0.2, 0.25) is 18.7 Å². The number of carboxylic acid groups (broad SMARTS) is 1. The third-order valence-corrected chi connectivity index (χ3v) is 4.38. The average molecular weight is 409 g/mol. The first-order chi connectivity index (χ1) is 13.8. The zero-order valence-corrected chi connectivity index (χ0v) is 15.2. The van der Waals surface area contributed by atoms with Crippen LogP contribution in [0.15, 0.2) is 30.7 Å². The second-order valence-corrected chi connectivity index (χ2v) is 6.41. The van der Waals surface area contributed by atoms with Crippen LogP contribution in [0.2, 0.25) is 0 Å². The number of carbonyl (C=O) groups is 2. The number of ether oxygens (including phenoxy) is 2. The van der Waals surface area contributed by atoms with E-state index in [0.717, 1.165) is 0 Å². The molecule has 1 saturated heterocycles. The maximum atomic E-state index is 12.0. The summed E-state index contributed by atoms with van der Waals surface area (Å²) in [4.78, 5) is 27.2. The molecule has 0 radical (unpaired) electrons. The van der Waals surface area contributed by atoms with Crippen molar-refractivity contribution in [2.24, 2.45) is 0 Å². The molecule has 29 heavy (non-hydrogen) atoms. The molecule has 2 aromatic rings. The van der Waals surface area contributed by atoms with Crippen LogP contribution in [0.3, 0.4) is 0 Å². The topological polar surface area (TPSA) is 181 Å². The number of hydrogen-bond donors (Lipinski definition) is 5. The molecular weight excluding hydrogens is 388 g/mol. The van der Waals surface area contributed by atoms with Gasteiger partial charge in [-0.2, -0.15) is 0 Å². The number of imidazole rings is 1. The van der Waals surface area contributed by atoms with Crippen molar-refractivity contribution < 1.29 is 44.2 Å². The molecule has 1 aliphatic heterocycles. The summed E-state index contributed by atoms with van der Waals surface area (Å²) in [6, 6.07) is 2.97. The van der Waals surface area contributed by atoms with Crippen LogP contribution in [0.25, 0.3) is 0 Å². The fraction of sp³-hybridized carbons (Fsp3) is 0.412. The molecule has 3 rings (SSSR count). The van der Waals surface area contributed by atoms with Crippen molar-refractivity contribution in [1.29, 1.82) is 0 Å². The Bertz CT molecular complexity index is 901. The molecule has 1 fully saturated rings. The molecule has 2 aromatic heterocycles. The predicted molar refractivity (Wildman–Crippen MR) is 93.2 cm³/mol. The molecule has 0 spiro atoms. The number of carboxylic acids is 1. The molecular formula is C17H21N4O8+. The minimum atomic E-state index is -1.45. The number of aryl methyl sites for hydroxylation is 1. The summed E-state index contributed by atoms with van der Waals surface area (Å²) >= 11 is 0. The van der Waals surface area contributed by atoms with Crippen LogP contribution in [-0.2, 0) is 20.7 Å². The minimum absolute atomic E-state index is 0.0595. The van der Waals surface area contributed by atoms with Crippen LogP contribution in [0.5, 0.6) is 0 Å². The highest BCUT2D eigenvalue weighted by atomic mass is 16.7. The molecule has 0 aromatic carbocycles. The average Bonchev–Trinajstić information content (AvgIpc) is 3.20. The number of carbonyl (C=O) groups excluding carboxylic acids is 1. The second-order valence-electron chi connectivity index (χ2n) is 6.41. The van der Waals surface area contributed by atoms with E-state index in [2.05, 4.69) is 4.98 Å². The zero-order chi connectivity index (χ0) is 21.1. The molecule has 12 heteroatoms. The first-order valence-electron chi connectivity index (χ1n) is 8.71. The molecule has 0 unspecified atom stereocenters. The summed E-state index contributed by atoms with van der Waals surface area (Å²) in [6.45, 7) is -0.524. The van der Waals surface area contributed by atoms with Gasteiger partial charge in [0, 0.05) is 12.5 Å². The van der Waals surface area contributed by atoms with Gasteiger partial charge < -0.3 is 35.6 Å². The van der Waals surface area contributed by atoms with E-state index in [4.69, 9.17) is 25.4 Å². The summed E-state index contributed by atoms with van der Waals surface area (Å²) < 4.78 is 12.9. The van der Waals surface area contributed by atoms with E-state index in [-0.39, 0.29) is 24.4 Å². The largest absolute Gasteiger partial charge is 0.477 e. The lowest BCUT2D eigenvalue weighted by Gasteiger charge is -2.15. The maximum Gasteiger partial charge on any atom is 0.341 e. The number of aromatic nitrogens is 3. The van der Waals surface area contributed by atoms with Gasteiger partial charge in [-0.1, -0.05) is 9.35 Å². The van der Waals surface area contributed by atoms with Gasteiger partial charge in [0.1, 0.15) is 23.9 Å². The van der Waals surface area contributed by atoms with Gasteiger partial charge in [0.05, 0.1) is 24.9 Å². The van der Waals surface area contributed by atoms with Crippen molar-refractivity contribution in [3.63, 3.8) is 0 Å². The maximum absolute atomic E-state index is 12.0. The summed E-state index contributed by atoms with van der Waals surface area (Å²) in [5.41, 5.74) is 6.38. The molecule has 0 aliphatic carbocycles. The zero-order valence-electron chi connectivity index (χ0n) is 15.2.